The predicted molar refractivity (Wildman–Crippen MR) is 97.1 cm³/mol. The van der Waals surface area contributed by atoms with Crippen LogP contribution in [0.2, 0.25) is 0 Å². The lowest BCUT2D eigenvalue weighted by Gasteiger charge is -2.33. The van der Waals surface area contributed by atoms with Gasteiger partial charge in [-0.1, -0.05) is 0 Å². The van der Waals surface area contributed by atoms with E-state index in [1.165, 1.54) is 6.92 Å². The molecule has 3 rings (SSSR count). The summed E-state index contributed by atoms with van der Waals surface area (Å²) in [5, 5.41) is 2.97. The molecular weight excluding hydrogens is 334 g/mol. The Hall–Kier alpha value is -2.15. The van der Waals surface area contributed by atoms with Crippen LogP contribution in [0.25, 0.3) is 0 Å². The van der Waals surface area contributed by atoms with E-state index in [4.69, 9.17) is 9.47 Å². The summed E-state index contributed by atoms with van der Waals surface area (Å²) in [6, 6.07) is 3.61. The van der Waals surface area contributed by atoms with Gasteiger partial charge in [0.05, 0.1) is 18.3 Å². The highest BCUT2D eigenvalue weighted by atomic mass is 16.5. The highest BCUT2D eigenvalue weighted by Gasteiger charge is 2.25. The molecule has 142 valence electrons. The van der Waals surface area contributed by atoms with E-state index in [0.29, 0.717) is 24.6 Å². The fourth-order valence-corrected chi connectivity index (χ4v) is 3.48. The Morgan fingerprint density at radius 2 is 2.15 bits per heavy atom. The van der Waals surface area contributed by atoms with Crippen molar-refractivity contribution in [3.63, 3.8) is 0 Å². The molecule has 7 heteroatoms. The summed E-state index contributed by atoms with van der Waals surface area (Å²) >= 11 is 0. The Bertz CT molecular complexity index is 623. The number of hydrogen-bond donors (Lipinski definition) is 1. The first-order valence-electron chi connectivity index (χ1n) is 9.36. The number of nitrogens with one attached hydrogen (secondary N) is 1. The fourth-order valence-electron chi connectivity index (χ4n) is 3.48. The van der Waals surface area contributed by atoms with Crippen LogP contribution in [0.1, 0.15) is 43.0 Å². The molecule has 2 fully saturated rings. The minimum Gasteiger partial charge on any atom is -0.466 e. The first kappa shape index (κ1) is 18.6. The van der Waals surface area contributed by atoms with E-state index >= 15 is 0 Å². The smallest absolute Gasteiger partial charge is 0.302 e. The lowest BCUT2D eigenvalue weighted by Crippen LogP contribution is -2.38. The summed E-state index contributed by atoms with van der Waals surface area (Å²) in [5.74, 6) is 0.756. The van der Waals surface area contributed by atoms with Gasteiger partial charge in [-0.25, -0.2) is 4.98 Å². The maximum absolute atomic E-state index is 12.6. The first-order chi connectivity index (χ1) is 12.6. The van der Waals surface area contributed by atoms with Gasteiger partial charge in [0.25, 0.3) is 5.91 Å². The molecule has 1 aromatic heterocycles. The van der Waals surface area contributed by atoms with E-state index in [-0.39, 0.29) is 18.0 Å². The van der Waals surface area contributed by atoms with Crippen molar-refractivity contribution in [2.24, 2.45) is 5.92 Å². The van der Waals surface area contributed by atoms with Crippen LogP contribution in [0.4, 0.5) is 5.82 Å². The van der Waals surface area contributed by atoms with Gasteiger partial charge < -0.3 is 19.7 Å². The summed E-state index contributed by atoms with van der Waals surface area (Å²) in [7, 11) is 0. The molecule has 0 spiro atoms. The van der Waals surface area contributed by atoms with E-state index in [2.05, 4.69) is 15.2 Å². The zero-order valence-electron chi connectivity index (χ0n) is 15.3. The van der Waals surface area contributed by atoms with Crippen molar-refractivity contribution in [1.29, 1.82) is 0 Å². The summed E-state index contributed by atoms with van der Waals surface area (Å²) < 4.78 is 10.7. The average Bonchev–Trinajstić information content (AvgIpc) is 3.18. The van der Waals surface area contributed by atoms with E-state index in [1.54, 1.807) is 12.3 Å². The molecule has 0 saturated carbocycles. The van der Waals surface area contributed by atoms with E-state index in [9.17, 15) is 9.59 Å². The number of carbonyl (C=O) groups is 2. The zero-order valence-corrected chi connectivity index (χ0v) is 15.3. The van der Waals surface area contributed by atoms with Crippen LogP contribution in [-0.2, 0) is 14.3 Å². The normalized spacial score (nSPS) is 20.8. The molecule has 0 aliphatic carbocycles. The molecule has 26 heavy (non-hydrogen) atoms. The Balaban J connectivity index is 1.56. The Morgan fingerprint density at radius 1 is 1.35 bits per heavy atom. The second-order valence-electron chi connectivity index (χ2n) is 6.95. The highest BCUT2D eigenvalue weighted by molar-refractivity contribution is 5.98. The molecule has 1 N–H and O–H groups in total. The second-order valence-corrected chi connectivity index (χ2v) is 6.95. The van der Waals surface area contributed by atoms with Crippen molar-refractivity contribution < 1.29 is 19.1 Å². The topological polar surface area (TPSA) is 80.8 Å². The van der Waals surface area contributed by atoms with Gasteiger partial charge in [-0.05, 0) is 43.7 Å². The molecule has 1 aromatic rings. The number of esters is 1. The third kappa shape index (κ3) is 4.94. The molecule has 0 radical (unpaired) electrons. The van der Waals surface area contributed by atoms with E-state index in [1.807, 2.05) is 6.07 Å². The van der Waals surface area contributed by atoms with E-state index in [0.717, 1.165) is 51.2 Å². The molecule has 0 bridgehead atoms. The first-order valence-corrected chi connectivity index (χ1v) is 9.36. The fraction of sp³-hybridized carbons (Fsp3) is 0.632. The molecule has 3 heterocycles. The third-order valence-electron chi connectivity index (χ3n) is 4.98. The third-order valence-corrected chi connectivity index (χ3v) is 4.98. The van der Waals surface area contributed by atoms with Crippen LogP contribution in [0.3, 0.4) is 0 Å². The van der Waals surface area contributed by atoms with Crippen molar-refractivity contribution in [1.82, 2.24) is 10.3 Å². The van der Waals surface area contributed by atoms with Crippen LogP contribution in [-0.4, -0.2) is 55.8 Å². The molecule has 7 nitrogen and oxygen atoms in total. The number of pyridine rings is 1. The van der Waals surface area contributed by atoms with Gasteiger partial charge in [-0.2, -0.15) is 0 Å². The Kier molecular flexibility index (Phi) is 6.44. The quantitative estimate of drug-likeness (QED) is 0.778. The van der Waals surface area contributed by atoms with Gasteiger partial charge in [-0.15, -0.1) is 0 Å². The summed E-state index contributed by atoms with van der Waals surface area (Å²) in [6.45, 7) is 4.83. The van der Waals surface area contributed by atoms with Gasteiger partial charge in [0.15, 0.2) is 0 Å². The predicted octanol–water partition coefficient (Wildman–Crippen LogP) is 1.77. The Labute approximate surface area is 154 Å². The SMILES string of the molecule is CC(=O)OCC1CCN(c2ncccc2C(=O)NCC2CCCO2)CC1. The minimum atomic E-state index is -0.234. The molecule has 1 atom stereocenters. The number of carbonyl (C=O) groups excluding carboxylic acids is 2. The number of rotatable bonds is 6. The van der Waals surface area contributed by atoms with Gasteiger partial charge in [0.2, 0.25) is 0 Å². The number of piperidine rings is 1. The van der Waals surface area contributed by atoms with Crippen LogP contribution < -0.4 is 10.2 Å². The molecular formula is C19H27N3O4. The summed E-state index contributed by atoms with van der Waals surface area (Å²) in [6.07, 6.45) is 5.73. The molecule has 1 unspecified atom stereocenters. The summed E-state index contributed by atoms with van der Waals surface area (Å²) in [4.78, 5) is 30.2. The van der Waals surface area contributed by atoms with Crippen molar-refractivity contribution in [2.45, 2.75) is 38.7 Å². The van der Waals surface area contributed by atoms with Crippen molar-refractivity contribution >= 4 is 17.7 Å². The van der Waals surface area contributed by atoms with Crippen LogP contribution >= 0.6 is 0 Å². The number of ether oxygens (including phenoxy) is 2. The second kappa shape index (κ2) is 8.98. The largest absolute Gasteiger partial charge is 0.466 e. The van der Waals surface area contributed by atoms with Crippen LogP contribution in [0.5, 0.6) is 0 Å². The summed E-state index contributed by atoms with van der Waals surface area (Å²) in [5.41, 5.74) is 0.601. The van der Waals surface area contributed by atoms with Crippen LogP contribution in [0.15, 0.2) is 18.3 Å². The molecule has 1 amide bonds. The number of hydrogen-bond acceptors (Lipinski definition) is 6. The van der Waals surface area contributed by atoms with Gasteiger partial charge in [0.1, 0.15) is 5.82 Å². The molecule has 0 aromatic carbocycles. The van der Waals surface area contributed by atoms with Crippen molar-refractivity contribution in [3.8, 4) is 0 Å². The standard InChI is InChI=1S/C19H27N3O4/c1-14(23)26-13-15-6-9-22(10-7-15)18-17(5-2-8-20-18)19(24)21-12-16-4-3-11-25-16/h2,5,8,15-16H,3-4,6-7,9-13H2,1H3,(H,21,24). The van der Waals surface area contributed by atoms with Gasteiger partial charge in [0, 0.05) is 39.4 Å². The van der Waals surface area contributed by atoms with Gasteiger partial charge in [-0.3, -0.25) is 9.59 Å². The Morgan fingerprint density at radius 3 is 2.85 bits per heavy atom. The van der Waals surface area contributed by atoms with Crippen molar-refractivity contribution in [2.75, 3.05) is 37.7 Å². The van der Waals surface area contributed by atoms with Gasteiger partial charge >= 0.3 is 5.97 Å². The number of amides is 1. The van der Waals surface area contributed by atoms with Crippen LogP contribution in [0, 0.1) is 5.92 Å². The molecule has 2 aliphatic rings. The number of anilines is 1. The maximum atomic E-state index is 12.6. The lowest BCUT2D eigenvalue weighted by atomic mass is 9.97. The monoisotopic (exact) mass is 361 g/mol. The molecule has 2 aliphatic heterocycles. The number of aromatic nitrogens is 1. The molecule has 2 saturated heterocycles. The lowest BCUT2D eigenvalue weighted by molar-refractivity contribution is -0.142. The average molecular weight is 361 g/mol. The number of nitrogens with zero attached hydrogens (tertiary/aromatic N) is 2. The van der Waals surface area contributed by atoms with E-state index < -0.39 is 0 Å². The maximum Gasteiger partial charge on any atom is 0.302 e. The zero-order chi connectivity index (χ0) is 18.4. The highest BCUT2D eigenvalue weighted by Crippen LogP contribution is 2.25. The minimum absolute atomic E-state index is 0.106. The van der Waals surface area contributed by atoms with Crippen molar-refractivity contribution in [3.05, 3.63) is 23.9 Å².